The third-order valence-electron chi connectivity index (χ3n) is 3.01. The van der Waals surface area contributed by atoms with Gasteiger partial charge in [-0.1, -0.05) is 12.1 Å². The minimum Gasteiger partial charge on any atom is -0.397 e. The van der Waals surface area contributed by atoms with Crippen LogP contribution in [0.2, 0.25) is 0 Å². The van der Waals surface area contributed by atoms with Gasteiger partial charge in [0.05, 0.1) is 11.4 Å². The second-order valence-electron chi connectivity index (χ2n) is 3.99. The van der Waals surface area contributed by atoms with Gasteiger partial charge in [0.1, 0.15) is 0 Å². The Morgan fingerprint density at radius 2 is 1.76 bits per heavy atom. The van der Waals surface area contributed by atoms with E-state index in [4.69, 9.17) is 12.2 Å². The van der Waals surface area contributed by atoms with Gasteiger partial charge in [-0.3, -0.25) is 0 Å². The van der Waals surface area contributed by atoms with Crippen LogP contribution in [0, 0.1) is 18.3 Å². The van der Waals surface area contributed by atoms with E-state index in [-0.39, 0.29) is 24.8 Å². The van der Waals surface area contributed by atoms with Crippen molar-refractivity contribution in [1.29, 1.82) is 0 Å². The molecule has 4 heteroatoms. The second kappa shape index (κ2) is 7.32. The van der Waals surface area contributed by atoms with Gasteiger partial charge in [0.2, 0.25) is 0 Å². The van der Waals surface area contributed by atoms with Crippen molar-refractivity contribution < 1.29 is 0 Å². The summed E-state index contributed by atoms with van der Waals surface area (Å²) in [4.78, 5) is 2.32. The molecule has 1 aliphatic heterocycles. The van der Waals surface area contributed by atoms with Crippen molar-refractivity contribution in [3.63, 3.8) is 0 Å². The zero-order valence-electron chi connectivity index (χ0n) is 9.63. The molecule has 1 fully saturated rings. The lowest BCUT2D eigenvalue weighted by Gasteiger charge is -2.32. The number of rotatable bonds is 1. The average Bonchev–Trinajstić information content (AvgIpc) is 2.30. The van der Waals surface area contributed by atoms with E-state index >= 15 is 0 Å². The highest BCUT2D eigenvalue weighted by molar-refractivity contribution is 5.85. The number of nitrogens with two attached hydrogens (primary N) is 1. The van der Waals surface area contributed by atoms with Crippen LogP contribution in [0.4, 0.5) is 11.4 Å². The highest BCUT2D eigenvalue weighted by Crippen LogP contribution is 2.27. The smallest absolute Gasteiger partial charge is 0.0599 e. The van der Waals surface area contributed by atoms with E-state index in [0.717, 1.165) is 37.3 Å². The number of benzene rings is 1. The molecule has 94 valence electrons. The quantitative estimate of drug-likeness (QED) is 0.629. The first-order chi connectivity index (χ1) is 7.31. The molecule has 0 saturated carbocycles. The molecule has 1 heterocycles. The summed E-state index contributed by atoms with van der Waals surface area (Å²) >= 11 is 0. The molecule has 1 saturated heterocycles. The standard InChI is InChI=1S/C13H16N2.2ClH/c1-2-11-7-9-15(10-8-11)13-6-4-3-5-12(13)14;;/h1,3-6,11H,7-10,14H2;2*1H. The Bertz CT molecular complexity index is 379. The molecule has 2 N–H and O–H groups in total. The topological polar surface area (TPSA) is 29.3 Å². The minimum atomic E-state index is 0. The molecule has 0 radical (unpaired) electrons. The lowest BCUT2D eigenvalue weighted by Crippen LogP contribution is -2.33. The first-order valence-corrected chi connectivity index (χ1v) is 5.37. The number of piperidine rings is 1. The Kier molecular flexibility index (Phi) is 6.87. The molecule has 17 heavy (non-hydrogen) atoms. The number of nitrogen functional groups attached to an aromatic ring is 1. The van der Waals surface area contributed by atoms with Crippen LogP contribution in [-0.2, 0) is 0 Å². The van der Waals surface area contributed by atoms with Gasteiger partial charge >= 0.3 is 0 Å². The van der Waals surface area contributed by atoms with Gasteiger partial charge in [0, 0.05) is 19.0 Å². The molecule has 0 aliphatic carbocycles. The van der Waals surface area contributed by atoms with Crippen molar-refractivity contribution in [2.75, 3.05) is 23.7 Å². The van der Waals surface area contributed by atoms with Gasteiger partial charge in [-0.25, -0.2) is 0 Å². The van der Waals surface area contributed by atoms with Gasteiger partial charge in [0.25, 0.3) is 0 Å². The summed E-state index contributed by atoms with van der Waals surface area (Å²) in [7, 11) is 0. The van der Waals surface area contributed by atoms with Gasteiger partial charge in [0.15, 0.2) is 0 Å². The highest BCUT2D eigenvalue weighted by atomic mass is 35.5. The van der Waals surface area contributed by atoms with Gasteiger partial charge in [-0.2, -0.15) is 0 Å². The summed E-state index contributed by atoms with van der Waals surface area (Å²) < 4.78 is 0. The maximum absolute atomic E-state index is 5.94. The summed E-state index contributed by atoms with van der Waals surface area (Å²) in [5.41, 5.74) is 7.94. The largest absolute Gasteiger partial charge is 0.397 e. The van der Waals surface area contributed by atoms with Crippen LogP contribution in [0.25, 0.3) is 0 Å². The second-order valence-corrected chi connectivity index (χ2v) is 3.99. The monoisotopic (exact) mass is 272 g/mol. The summed E-state index contributed by atoms with van der Waals surface area (Å²) in [6, 6.07) is 8.01. The summed E-state index contributed by atoms with van der Waals surface area (Å²) in [6.45, 7) is 2.03. The Morgan fingerprint density at radius 1 is 1.18 bits per heavy atom. The fourth-order valence-electron chi connectivity index (χ4n) is 2.06. The Morgan fingerprint density at radius 3 is 2.29 bits per heavy atom. The third-order valence-corrected chi connectivity index (χ3v) is 3.01. The molecule has 2 nitrogen and oxygen atoms in total. The van der Waals surface area contributed by atoms with E-state index in [2.05, 4.69) is 16.9 Å². The zero-order valence-corrected chi connectivity index (χ0v) is 11.3. The van der Waals surface area contributed by atoms with Crippen molar-refractivity contribution >= 4 is 36.2 Å². The molecule has 0 aromatic heterocycles. The van der Waals surface area contributed by atoms with Crippen LogP contribution in [-0.4, -0.2) is 13.1 Å². The molecule has 0 unspecified atom stereocenters. The summed E-state index contributed by atoms with van der Waals surface area (Å²) in [5.74, 6) is 3.28. The Balaban J connectivity index is 0.00000128. The normalized spacial score (nSPS) is 15.4. The maximum atomic E-state index is 5.94. The van der Waals surface area contributed by atoms with E-state index < -0.39 is 0 Å². The Hall–Kier alpha value is -1.04. The first kappa shape index (κ1) is 16.0. The number of para-hydroxylation sites is 2. The van der Waals surface area contributed by atoms with Crippen LogP contribution >= 0.6 is 24.8 Å². The molecular formula is C13H18Cl2N2. The van der Waals surface area contributed by atoms with E-state index in [1.54, 1.807) is 0 Å². The van der Waals surface area contributed by atoms with Crippen molar-refractivity contribution in [2.45, 2.75) is 12.8 Å². The van der Waals surface area contributed by atoms with Crippen molar-refractivity contribution in [3.05, 3.63) is 24.3 Å². The summed E-state index contributed by atoms with van der Waals surface area (Å²) in [5, 5.41) is 0. The highest BCUT2D eigenvalue weighted by Gasteiger charge is 2.18. The molecule has 0 amide bonds. The number of hydrogen-bond donors (Lipinski definition) is 1. The van der Waals surface area contributed by atoms with E-state index in [0.29, 0.717) is 5.92 Å². The van der Waals surface area contributed by atoms with Crippen LogP contribution < -0.4 is 10.6 Å². The number of nitrogens with zero attached hydrogens (tertiary/aromatic N) is 1. The number of hydrogen-bond acceptors (Lipinski definition) is 2. The third kappa shape index (κ3) is 3.73. The number of halogens is 2. The molecular weight excluding hydrogens is 255 g/mol. The molecule has 0 atom stereocenters. The van der Waals surface area contributed by atoms with E-state index in [1.807, 2.05) is 18.2 Å². The van der Waals surface area contributed by atoms with Crippen molar-refractivity contribution in [2.24, 2.45) is 5.92 Å². The minimum absolute atomic E-state index is 0. The van der Waals surface area contributed by atoms with E-state index in [1.165, 1.54) is 0 Å². The van der Waals surface area contributed by atoms with Crippen molar-refractivity contribution in [1.82, 2.24) is 0 Å². The SMILES string of the molecule is C#CC1CCN(c2ccccc2N)CC1.Cl.Cl. The van der Waals surface area contributed by atoms with Crippen LogP contribution in [0.5, 0.6) is 0 Å². The Labute approximate surface area is 115 Å². The first-order valence-electron chi connectivity index (χ1n) is 5.37. The molecule has 1 aliphatic rings. The predicted molar refractivity (Wildman–Crippen MR) is 79.1 cm³/mol. The molecule has 1 aromatic rings. The molecule has 1 aromatic carbocycles. The fourth-order valence-corrected chi connectivity index (χ4v) is 2.06. The van der Waals surface area contributed by atoms with Crippen LogP contribution in [0.1, 0.15) is 12.8 Å². The zero-order chi connectivity index (χ0) is 10.7. The lowest BCUT2D eigenvalue weighted by molar-refractivity contribution is 0.492. The maximum Gasteiger partial charge on any atom is 0.0599 e. The summed E-state index contributed by atoms with van der Waals surface area (Å²) in [6.07, 6.45) is 7.57. The van der Waals surface area contributed by atoms with Crippen molar-refractivity contribution in [3.8, 4) is 12.3 Å². The number of anilines is 2. The molecule has 0 spiro atoms. The number of terminal acetylenes is 1. The van der Waals surface area contributed by atoms with Gasteiger partial charge in [-0.05, 0) is 25.0 Å². The lowest BCUT2D eigenvalue weighted by atomic mass is 9.97. The molecule has 2 rings (SSSR count). The van der Waals surface area contributed by atoms with Crippen LogP contribution in [0.15, 0.2) is 24.3 Å². The fraction of sp³-hybridized carbons (Fsp3) is 0.385. The molecule has 0 bridgehead atoms. The van der Waals surface area contributed by atoms with Gasteiger partial charge < -0.3 is 10.6 Å². The van der Waals surface area contributed by atoms with Crippen LogP contribution in [0.3, 0.4) is 0 Å². The van der Waals surface area contributed by atoms with Gasteiger partial charge in [-0.15, -0.1) is 37.2 Å². The predicted octanol–water partition coefficient (Wildman–Crippen LogP) is 2.96. The average molecular weight is 273 g/mol. The van der Waals surface area contributed by atoms with E-state index in [9.17, 15) is 0 Å².